The molecule has 0 aliphatic carbocycles. The maximum absolute atomic E-state index is 9.73. The quantitative estimate of drug-likeness (QED) is 0.449. The summed E-state index contributed by atoms with van der Waals surface area (Å²) in [6.07, 6.45) is 2.91. The number of nitrogens with two attached hydrogens (primary N) is 1. The van der Waals surface area contributed by atoms with E-state index in [1.807, 2.05) is 0 Å². The van der Waals surface area contributed by atoms with Crippen molar-refractivity contribution < 1.29 is 4.79 Å². The molecule has 2 nitrogen and oxygen atoms in total. The van der Waals surface area contributed by atoms with Crippen LogP contribution in [0.25, 0.3) is 0 Å². The third-order valence-corrected chi connectivity index (χ3v) is 0.331. The summed E-state index contributed by atoms with van der Waals surface area (Å²) < 4.78 is 0. The van der Waals surface area contributed by atoms with Crippen LogP contribution >= 0.6 is 0 Å². The van der Waals surface area contributed by atoms with Gasteiger partial charge in [0, 0.05) is 0 Å². The van der Waals surface area contributed by atoms with Gasteiger partial charge in [-0.15, -0.1) is 0 Å². The van der Waals surface area contributed by atoms with Gasteiger partial charge in [-0.2, -0.15) is 0 Å². The average molecular weight is 85.1 g/mol. The highest BCUT2D eigenvalue weighted by Gasteiger charge is 1.73. The molecule has 6 heavy (non-hydrogen) atoms. The first-order valence-corrected chi connectivity index (χ1v) is 1.69. The highest BCUT2D eigenvalue weighted by molar-refractivity contribution is 5.85. The van der Waals surface area contributed by atoms with Crippen molar-refractivity contribution >= 4 is 5.91 Å². The SMILES string of the molecule is C/C=C/C(N)=O. The summed E-state index contributed by atoms with van der Waals surface area (Å²) in [5.74, 6) is -0.391. The van der Waals surface area contributed by atoms with Crippen LogP contribution in [-0.4, -0.2) is 5.91 Å². The normalized spacial score (nSPS) is 9.50. The lowest BCUT2D eigenvalue weighted by Crippen LogP contribution is -2.04. The number of hydrogen-bond donors (Lipinski definition) is 1. The van der Waals surface area contributed by atoms with Crippen molar-refractivity contribution in [1.82, 2.24) is 0 Å². The van der Waals surface area contributed by atoms with E-state index < -0.39 is 5.91 Å². The van der Waals surface area contributed by atoms with Gasteiger partial charge in [0.25, 0.3) is 0 Å². The van der Waals surface area contributed by atoms with E-state index >= 15 is 0 Å². The zero-order chi connectivity index (χ0) is 4.99. The fourth-order valence-corrected chi connectivity index (χ4v) is 0.164. The number of primary amides is 1. The molecule has 0 rings (SSSR count). The molecule has 0 aliphatic heterocycles. The van der Waals surface area contributed by atoms with Gasteiger partial charge in [0.2, 0.25) is 5.91 Å². The van der Waals surface area contributed by atoms with E-state index in [1.54, 1.807) is 13.0 Å². The minimum absolute atomic E-state index is 0.391. The lowest BCUT2D eigenvalue weighted by atomic mass is 10.5. The molecule has 0 heterocycles. The van der Waals surface area contributed by atoms with Crippen molar-refractivity contribution in [3.8, 4) is 0 Å². The number of carbonyl (C=O) groups is 1. The Morgan fingerprint density at radius 1 is 1.83 bits per heavy atom. The van der Waals surface area contributed by atoms with Gasteiger partial charge in [0.15, 0.2) is 0 Å². The topological polar surface area (TPSA) is 43.1 Å². The fraction of sp³-hybridized carbons (Fsp3) is 0.250. The third kappa shape index (κ3) is 3.21. The average Bonchev–Trinajstić information content (AvgIpc) is 1.35. The second-order valence-electron chi connectivity index (χ2n) is 0.902. The number of hydrogen-bond acceptors (Lipinski definition) is 1. The Morgan fingerprint density at radius 2 is 2.33 bits per heavy atom. The predicted molar refractivity (Wildman–Crippen MR) is 24.0 cm³/mol. The smallest absolute Gasteiger partial charge is 0.241 e. The molecule has 0 saturated carbocycles. The lowest BCUT2D eigenvalue weighted by Gasteiger charge is -1.70. The molecular weight excluding hydrogens is 78.0 g/mol. The first-order valence-electron chi connectivity index (χ1n) is 1.69. The Morgan fingerprint density at radius 3 is 2.33 bits per heavy atom. The van der Waals surface area contributed by atoms with E-state index in [4.69, 9.17) is 0 Å². The van der Waals surface area contributed by atoms with Crippen LogP contribution in [-0.2, 0) is 4.79 Å². The molecule has 0 spiro atoms. The summed E-state index contributed by atoms with van der Waals surface area (Å²) in [4.78, 5) is 9.73. The van der Waals surface area contributed by atoms with Gasteiger partial charge in [-0.05, 0) is 13.0 Å². The van der Waals surface area contributed by atoms with Gasteiger partial charge >= 0.3 is 0 Å². The standard InChI is InChI=1S/C4H7NO/c1-2-3-4(5)6/h2-3H,1H3,(H2,5,6)/b3-2+. The maximum atomic E-state index is 9.73. The minimum Gasteiger partial charge on any atom is -0.366 e. The largest absolute Gasteiger partial charge is 0.366 e. The molecular formula is C4H7NO. The van der Waals surface area contributed by atoms with E-state index in [0.29, 0.717) is 0 Å². The molecule has 2 N–H and O–H groups in total. The minimum atomic E-state index is -0.391. The number of amides is 1. The molecule has 34 valence electrons. The van der Waals surface area contributed by atoms with E-state index in [1.165, 1.54) is 6.08 Å². The maximum Gasteiger partial charge on any atom is 0.241 e. The summed E-state index contributed by atoms with van der Waals surface area (Å²) in [6.45, 7) is 1.74. The van der Waals surface area contributed by atoms with Gasteiger partial charge in [-0.3, -0.25) is 4.79 Å². The number of carbonyl (C=O) groups excluding carboxylic acids is 1. The summed E-state index contributed by atoms with van der Waals surface area (Å²) in [6, 6.07) is 0. The van der Waals surface area contributed by atoms with E-state index in [0.717, 1.165) is 0 Å². The predicted octanol–water partition coefficient (Wildman–Crippen LogP) is 0.0478. The van der Waals surface area contributed by atoms with Crippen molar-refractivity contribution in [3.05, 3.63) is 12.2 Å². The van der Waals surface area contributed by atoms with Gasteiger partial charge in [0.1, 0.15) is 0 Å². The van der Waals surface area contributed by atoms with Crippen LogP contribution in [0.2, 0.25) is 0 Å². The summed E-state index contributed by atoms with van der Waals surface area (Å²) >= 11 is 0. The Labute approximate surface area is 36.6 Å². The second-order valence-corrected chi connectivity index (χ2v) is 0.902. The molecule has 0 aromatic heterocycles. The van der Waals surface area contributed by atoms with Crippen LogP contribution in [0.5, 0.6) is 0 Å². The summed E-state index contributed by atoms with van der Waals surface area (Å²) in [5, 5.41) is 0. The van der Waals surface area contributed by atoms with Gasteiger partial charge < -0.3 is 5.73 Å². The molecule has 0 bridgehead atoms. The number of rotatable bonds is 1. The van der Waals surface area contributed by atoms with Crippen molar-refractivity contribution in [2.45, 2.75) is 6.92 Å². The third-order valence-electron chi connectivity index (χ3n) is 0.331. The zero-order valence-corrected chi connectivity index (χ0v) is 3.64. The lowest BCUT2D eigenvalue weighted by molar-refractivity contribution is -0.113. The second kappa shape index (κ2) is 2.45. The number of allylic oxidation sites excluding steroid dienone is 1. The highest BCUT2D eigenvalue weighted by Crippen LogP contribution is 1.62. The zero-order valence-electron chi connectivity index (χ0n) is 3.64. The van der Waals surface area contributed by atoms with Crippen LogP contribution < -0.4 is 5.73 Å². The molecule has 0 unspecified atom stereocenters. The van der Waals surface area contributed by atoms with E-state index in [2.05, 4.69) is 5.73 Å². The van der Waals surface area contributed by atoms with Gasteiger partial charge in [-0.25, -0.2) is 0 Å². The monoisotopic (exact) mass is 85.1 g/mol. The first-order chi connectivity index (χ1) is 2.77. The molecule has 0 aliphatic rings. The molecule has 0 radical (unpaired) electrons. The van der Waals surface area contributed by atoms with Gasteiger partial charge in [-0.1, -0.05) is 6.08 Å². The van der Waals surface area contributed by atoms with Crippen molar-refractivity contribution in [2.24, 2.45) is 5.73 Å². The molecule has 0 aromatic carbocycles. The Bertz CT molecular complexity index is 75.6. The van der Waals surface area contributed by atoms with Crippen molar-refractivity contribution in [2.75, 3.05) is 0 Å². The molecule has 1 amide bonds. The van der Waals surface area contributed by atoms with E-state index in [9.17, 15) is 4.79 Å². The molecule has 0 aromatic rings. The molecule has 0 fully saturated rings. The first kappa shape index (κ1) is 5.21. The van der Waals surface area contributed by atoms with Crippen molar-refractivity contribution in [1.29, 1.82) is 0 Å². The van der Waals surface area contributed by atoms with Crippen LogP contribution in [0.1, 0.15) is 6.92 Å². The molecule has 2 heteroatoms. The fourth-order valence-electron chi connectivity index (χ4n) is 0.164. The summed E-state index contributed by atoms with van der Waals surface area (Å²) in [7, 11) is 0. The molecule has 0 atom stereocenters. The molecule has 0 saturated heterocycles. The Kier molecular flexibility index (Phi) is 2.13. The van der Waals surface area contributed by atoms with Crippen LogP contribution in [0.15, 0.2) is 12.2 Å². The Balaban J connectivity index is 3.30. The van der Waals surface area contributed by atoms with E-state index in [-0.39, 0.29) is 0 Å². The summed E-state index contributed by atoms with van der Waals surface area (Å²) in [5.41, 5.74) is 4.68. The van der Waals surface area contributed by atoms with Crippen molar-refractivity contribution in [3.63, 3.8) is 0 Å². The van der Waals surface area contributed by atoms with Crippen LogP contribution in [0, 0.1) is 0 Å². The highest BCUT2D eigenvalue weighted by atomic mass is 16.1. The van der Waals surface area contributed by atoms with Crippen LogP contribution in [0.4, 0.5) is 0 Å². The Hall–Kier alpha value is -0.790. The van der Waals surface area contributed by atoms with Gasteiger partial charge in [0.05, 0.1) is 0 Å². The van der Waals surface area contributed by atoms with Crippen LogP contribution in [0.3, 0.4) is 0 Å².